The molecule has 0 atom stereocenters. The molecule has 1 N–H and O–H groups in total. The summed E-state index contributed by atoms with van der Waals surface area (Å²) in [5.41, 5.74) is 0. The Kier molecular flexibility index (Phi) is 14.7. The molecule has 3 heteroatoms. The second kappa shape index (κ2) is 14.2. The summed E-state index contributed by atoms with van der Waals surface area (Å²) in [6.45, 7) is 8.00. The van der Waals surface area contributed by atoms with Crippen molar-refractivity contribution in [3.05, 3.63) is 49.1 Å². The van der Waals surface area contributed by atoms with Gasteiger partial charge in [0, 0.05) is 19.4 Å². The number of aromatic hydroxyl groups is 1. The lowest BCUT2D eigenvalue weighted by Crippen LogP contribution is -1.76. The van der Waals surface area contributed by atoms with E-state index in [2.05, 4.69) is 4.98 Å². The normalized spacial score (nSPS) is 7.35. The lowest BCUT2D eigenvalue weighted by atomic mass is 10.3. The summed E-state index contributed by atoms with van der Waals surface area (Å²) in [4.78, 5) is 3.78. The minimum atomic E-state index is 0.322. The van der Waals surface area contributed by atoms with Crippen LogP contribution in [0.1, 0.15) is 27.7 Å². The van der Waals surface area contributed by atoms with Crippen LogP contribution < -0.4 is 0 Å². The van der Waals surface area contributed by atoms with E-state index < -0.39 is 0 Å². The molecule has 0 bridgehead atoms. The highest BCUT2D eigenvalue weighted by molar-refractivity contribution is 5.18. The molecule has 0 spiro atoms. The molecular formula is C14H24N2O. The molecule has 1 aromatic carbocycles. The fourth-order valence-corrected chi connectivity index (χ4v) is 0.754. The van der Waals surface area contributed by atoms with Gasteiger partial charge in [-0.25, -0.2) is 4.98 Å². The van der Waals surface area contributed by atoms with Gasteiger partial charge in [0.1, 0.15) is 5.75 Å². The van der Waals surface area contributed by atoms with Crippen LogP contribution >= 0.6 is 0 Å². The van der Waals surface area contributed by atoms with E-state index in [9.17, 15) is 0 Å². The number of para-hydroxylation sites is 1. The third-order valence-electron chi connectivity index (χ3n) is 1.39. The first-order valence-corrected chi connectivity index (χ1v) is 5.95. The molecule has 1 aromatic heterocycles. The molecule has 0 aliphatic carbocycles. The van der Waals surface area contributed by atoms with E-state index in [0.29, 0.717) is 5.75 Å². The van der Waals surface area contributed by atoms with Crippen molar-refractivity contribution in [3.8, 4) is 5.75 Å². The van der Waals surface area contributed by atoms with Gasteiger partial charge in [-0.3, -0.25) is 0 Å². The first kappa shape index (κ1) is 17.6. The first-order chi connectivity index (χ1) is 8.29. The van der Waals surface area contributed by atoms with Gasteiger partial charge in [-0.2, -0.15) is 0 Å². The van der Waals surface area contributed by atoms with Crippen molar-refractivity contribution < 1.29 is 5.11 Å². The quantitative estimate of drug-likeness (QED) is 0.754. The maximum Gasteiger partial charge on any atom is 0.115 e. The molecule has 0 saturated heterocycles. The minimum absolute atomic E-state index is 0.322. The summed E-state index contributed by atoms with van der Waals surface area (Å²) >= 11 is 0. The van der Waals surface area contributed by atoms with Crippen LogP contribution in [0.5, 0.6) is 5.75 Å². The van der Waals surface area contributed by atoms with Gasteiger partial charge < -0.3 is 9.67 Å². The zero-order valence-electron chi connectivity index (χ0n) is 11.5. The number of imidazole rings is 1. The van der Waals surface area contributed by atoms with Crippen molar-refractivity contribution in [1.29, 1.82) is 0 Å². The van der Waals surface area contributed by atoms with E-state index in [-0.39, 0.29) is 0 Å². The van der Waals surface area contributed by atoms with Crippen LogP contribution in [0.2, 0.25) is 0 Å². The fourth-order valence-electron chi connectivity index (χ4n) is 0.754. The number of hydrogen-bond donors (Lipinski definition) is 1. The average molecular weight is 236 g/mol. The Balaban J connectivity index is 0. The number of nitrogens with zero attached hydrogens (tertiary/aromatic N) is 2. The Bertz CT molecular complexity index is 317. The predicted molar refractivity (Wildman–Crippen MR) is 74.0 cm³/mol. The second-order valence-electron chi connectivity index (χ2n) is 2.56. The molecular weight excluding hydrogens is 212 g/mol. The van der Waals surface area contributed by atoms with Crippen LogP contribution in [0.4, 0.5) is 0 Å². The summed E-state index contributed by atoms with van der Waals surface area (Å²) in [6.07, 6.45) is 5.39. The van der Waals surface area contributed by atoms with E-state index in [1.807, 2.05) is 51.6 Å². The second-order valence-corrected chi connectivity index (χ2v) is 2.56. The van der Waals surface area contributed by atoms with Gasteiger partial charge in [-0.05, 0) is 12.1 Å². The Hall–Kier alpha value is -1.77. The first-order valence-electron chi connectivity index (χ1n) is 5.95. The molecule has 17 heavy (non-hydrogen) atoms. The van der Waals surface area contributed by atoms with Gasteiger partial charge >= 0.3 is 0 Å². The molecule has 2 aromatic rings. The van der Waals surface area contributed by atoms with Gasteiger partial charge in [0.25, 0.3) is 0 Å². The molecule has 0 fully saturated rings. The van der Waals surface area contributed by atoms with Gasteiger partial charge in [0.2, 0.25) is 0 Å². The van der Waals surface area contributed by atoms with Crippen LogP contribution in [0.3, 0.4) is 0 Å². The smallest absolute Gasteiger partial charge is 0.115 e. The molecule has 0 saturated carbocycles. The van der Waals surface area contributed by atoms with Crippen molar-refractivity contribution in [1.82, 2.24) is 9.55 Å². The monoisotopic (exact) mass is 236 g/mol. The summed E-state index contributed by atoms with van der Waals surface area (Å²) in [6, 6.07) is 8.71. The molecule has 0 unspecified atom stereocenters. The molecule has 0 aliphatic rings. The average Bonchev–Trinajstić information content (AvgIpc) is 2.87. The number of hydrogen-bond acceptors (Lipinski definition) is 2. The van der Waals surface area contributed by atoms with Crippen LogP contribution in [-0.4, -0.2) is 14.7 Å². The largest absolute Gasteiger partial charge is 0.508 e. The van der Waals surface area contributed by atoms with Gasteiger partial charge in [-0.15, -0.1) is 0 Å². The number of phenolic OH excluding ortho intramolecular Hbond substituents is 1. The van der Waals surface area contributed by atoms with E-state index in [1.54, 1.807) is 36.8 Å². The van der Waals surface area contributed by atoms with Crippen molar-refractivity contribution in [2.45, 2.75) is 27.7 Å². The van der Waals surface area contributed by atoms with E-state index in [1.165, 1.54) is 0 Å². The van der Waals surface area contributed by atoms with Crippen molar-refractivity contribution in [3.63, 3.8) is 0 Å². The molecule has 0 amide bonds. The number of aryl methyl sites for hydroxylation is 1. The van der Waals surface area contributed by atoms with Gasteiger partial charge in [0.05, 0.1) is 6.33 Å². The zero-order valence-corrected chi connectivity index (χ0v) is 11.5. The van der Waals surface area contributed by atoms with Crippen LogP contribution in [0.15, 0.2) is 49.1 Å². The molecule has 3 nitrogen and oxygen atoms in total. The standard InChI is InChI=1S/C6H6O.C4H6N2.2C2H6/c7-6-4-2-1-3-5-6;1-6-3-2-5-4-6;2*1-2/h1-5,7H;2-4H,1H3;2*1-2H3. The number of rotatable bonds is 0. The number of aromatic nitrogens is 2. The summed E-state index contributed by atoms with van der Waals surface area (Å²) in [5.74, 6) is 0.322. The van der Waals surface area contributed by atoms with E-state index >= 15 is 0 Å². The lowest BCUT2D eigenvalue weighted by Gasteiger charge is -1.82. The number of benzene rings is 1. The minimum Gasteiger partial charge on any atom is -0.508 e. The van der Waals surface area contributed by atoms with Crippen LogP contribution in [0.25, 0.3) is 0 Å². The van der Waals surface area contributed by atoms with Gasteiger partial charge in [0.15, 0.2) is 0 Å². The van der Waals surface area contributed by atoms with Crippen molar-refractivity contribution >= 4 is 0 Å². The fraction of sp³-hybridized carbons (Fsp3) is 0.357. The summed E-state index contributed by atoms with van der Waals surface area (Å²) in [5, 5.41) is 8.63. The number of phenols is 1. The van der Waals surface area contributed by atoms with Crippen LogP contribution in [-0.2, 0) is 7.05 Å². The Labute approximate surface area is 105 Å². The van der Waals surface area contributed by atoms with Crippen molar-refractivity contribution in [2.24, 2.45) is 7.05 Å². The zero-order chi connectivity index (χ0) is 13.5. The van der Waals surface area contributed by atoms with Crippen molar-refractivity contribution in [2.75, 3.05) is 0 Å². The van der Waals surface area contributed by atoms with Gasteiger partial charge in [-0.1, -0.05) is 45.9 Å². The molecule has 96 valence electrons. The summed E-state index contributed by atoms with van der Waals surface area (Å²) < 4.78 is 1.89. The van der Waals surface area contributed by atoms with E-state index in [0.717, 1.165) is 0 Å². The maximum atomic E-state index is 8.63. The Morgan fingerprint density at radius 1 is 1.00 bits per heavy atom. The predicted octanol–water partition coefficient (Wildman–Crippen LogP) is 3.86. The molecule has 0 radical (unpaired) electrons. The Morgan fingerprint density at radius 3 is 1.71 bits per heavy atom. The van der Waals surface area contributed by atoms with Crippen LogP contribution in [0, 0.1) is 0 Å². The third kappa shape index (κ3) is 12.2. The molecule has 0 aliphatic heterocycles. The molecule has 2 rings (SSSR count). The maximum absolute atomic E-state index is 8.63. The highest BCUT2D eigenvalue weighted by atomic mass is 16.3. The highest BCUT2D eigenvalue weighted by Crippen LogP contribution is 2.02. The topological polar surface area (TPSA) is 38.0 Å². The summed E-state index contributed by atoms with van der Waals surface area (Å²) in [7, 11) is 1.94. The Morgan fingerprint density at radius 2 is 1.53 bits per heavy atom. The lowest BCUT2D eigenvalue weighted by molar-refractivity contribution is 0.475. The molecule has 1 heterocycles. The third-order valence-corrected chi connectivity index (χ3v) is 1.39. The highest BCUT2D eigenvalue weighted by Gasteiger charge is 1.74. The van der Waals surface area contributed by atoms with E-state index in [4.69, 9.17) is 5.11 Å². The SMILES string of the molecule is CC.CC.Cn1ccnc1.Oc1ccccc1.